The molecule has 0 radical (unpaired) electrons. The first-order valence-corrected chi connectivity index (χ1v) is 6.12. The van der Waals surface area contributed by atoms with Gasteiger partial charge in [-0.05, 0) is 36.8 Å². The fourth-order valence-corrected chi connectivity index (χ4v) is 1.88. The Hall–Kier alpha value is -0.990. The third-order valence-corrected chi connectivity index (χ3v) is 3.06. The number of para-hydroxylation sites is 1. The molecule has 1 N–H and O–H groups in total. The van der Waals surface area contributed by atoms with Gasteiger partial charge in [0.05, 0.1) is 0 Å². The van der Waals surface area contributed by atoms with Crippen LogP contribution in [-0.2, 0) is 0 Å². The lowest BCUT2D eigenvalue weighted by Crippen LogP contribution is -2.05. The smallest absolute Gasteiger partial charge is 0.0485 e. The summed E-state index contributed by atoms with van der Waals surface area (Å²) in [5, 5.41) is 3.46. The first-order chi connectivity index (χ1) is 7.75. The number of hydrogen-bond acceptors (Lipinski definition) is 1. The predicted molar refractivity (Wildman–Crippen MR) is 79.9 cm³/mol. The standard InChI is InChI=1S/C14H14BrN.ClH/c1-11(12-7-9-13(15)10-8-12)16-14-5-3-2-4-6-14;/h2-11,16H,1H3;1H. The number of rotatable bonds is 3. The minimum absolute atomic E-state index is 0. The van der Waals surface area contributed by atoms with Crippen molar-refractivity contribution in [3.05, 3.63) is 64.6 Å². The van der Waals surface area contributed by atoms with Gasteiger partial charge in [0, 0.05) is 16.2 Å². The maximum Gasteiger partial charge on any atom is 0.0485 e. The number of anilines is 1. The van der Waals surface area contributed by atoms with Gasteiger partial charge in [0.15, 0.2) is 0 Å². The molecule has 1 unspecified atom stereocenters. The van der Waals surface area contributed by atoms with E-state index < -0.39 is 0 Å². The molecular formula is C14H15BrClN. The molecule has 17 heavy (non-hydrogen) atoms. The maximum atomic E-state index is 3.46. The molecule has 0 saturated carbocycles. The highest BCUT2D eigenvalue weighted by Crippen LogP contribution is 2.20. The second-order valence-corrected chi connectivity index (χ2v) is 4.70. The molecule has 90 valence electrons. The van der Waals surface area contributed by atoms with E-state index in [2.05, 4.69) is 64.6 Å². The van der Waals surface area contributed by atoms with Crippen LogP contribution in [0.4, 0.5) is 5.69 Å². The second-order valence-electron chi connectivity index (χ2n) is 3.78. The van der Waals surface area contributed by atoms with E-state index in [0.29, 0.717) is 6.04 Å². The summed E-state index contributed by atoms with van der Waals surface area (Å²) >= 11 is 3.44. The maximum absolute atomic E-state index is 3.46. The van der Waals surface area contributed by atoms with Gasteiger partial charge in [0.1, 0.15) is 0 Å². The van der Waals surface area contributed by atoms with Crippen molar-refractivity contribution >= 4 is 34.0 Å². The summed E-state index contributed by atoms with van der Waals surface area (Å²) < 4.78 is 1.11. The third-order valence-electron chi connectivity index (χ3n) is 2.53. The molecule has 0 aliphatic carbocycles. The van der Waals surface area contributed by atoms with Crippen molar-refractivity contribution in [1.82, 2.24) is 0 Å². The van der Waals surface area contributed by atoms with Crippen LogP contribution in [0.2, 0.25) is 0 Å². The average molecular weight is 313 g/mol. The van der Waals surface area contributed by atoms with Gasteiger partial charge in [0.2, 0.25) is 0 Å². The van der Waals surface area contributed by atoms with Crippen molar-refractivity contribution in [3.63, 3.8) is 0 Å². The van der Waals surface area contributed by atoms with Crippen LogP contribution in [0.3, 0.4) is 0 Å². The zero-order chi connectivity index (χ0) is 11.4. The van der Waals surface area contributed by atoms with Crippen LogP contribution in [-0.4, -0.2) is 0 Å². The Morgan fingerprint density at radius 1 is 0.941 bits per heavy atom. The van der Waals surface area contributed by atoms with E-state index in [4.69, 9.17) is 0 Å². The monoisotopic (exact) mass is 311 g/mol. The van der Waals surface area contributed by atoms with Crippen LogP contribution in [0, 0.1) is 0 Å². The van der Waals surface area contributed by atoms with E-state index in [-0.39, 0.29) is 12.4 Å². The number of hydrogen-bond donors (Lipinski definition) is 1. The molecule has 0 spiro atoms. The Kier molecular flexibility index (Phi) is 5.52. The quantitative estimate of drug-likeness (QED) is 0.837. The summed E-state index contributed by atoms with van der Waals surface area (Å²) in [4.78, 5) is 0. The Bertz CT molecular complexity index is 442. The molecule has 0 fully saturated rings. The lowest BCUT2D eigenvalue weighted by atomic mass is 10.1. The average Bonchev–Trinajstić information content (AvgIpc) is 2.31. The van der Waals surface area contributed by atoms with Crippen molar-refractivity contribution in [2.24, 2.45) is 0 Å². The van der Waals surface area contributed by atoms with E-state index in [9.17, 15) is 0 Å². The van der Waals surface area contributed by atoms with Gasteiger partial charge >= 0.3 is 0 Å². The second kappa shape index (κ2) is 6.67. The Labute approximate surface area is 117 Å². The zero-order valence-electron chi connectivity index (χ0n) is 9.56. The highest BCUT2D eigenvalue weighted by atomic mass is 79.9. The topological polar surface area (TPSA) is 12.0 Å². The molecule has 0 aliphatic heterocycles. The fourth-order valence-electron chi connectivity index (χ4n) is 1.62. The molecule has 3 heteroatoms. The van der Waals surface area contributed by atoms with Gasteiger partial charge in [-0.25, -0.2) is 0 Å². The first kappa shape index (κ1) is 14.1. The van der Waals surface area contributed by atoms with Crippen LogP contribution in [0.5, 0.6) is 0 Å². The lowest BCUT2D eigenvalue weighted by Gasteiger charge is -2.15. The van der Waals surface area contributed by atoms with Crippen LogP contribution in [0.1, 0.15) is 18.5 Å². The molecule has 0 bridgehead atoms. The summed E-state index contributed by atoms with van der Waals surface area (Å²) in [6.07, 6.45) is 0. The minimum atomic E-state index is 0. The normalized spacial score (nSPS) is 11.4. The van der Waals surface area contributed by atoms with Gasteiger partial charge < -0.3 is 5.32 Å². The predicted octanol–water partition coefficient (Wildman–Crippen LogP) is 5.04. The fraction of sp³-hybridized carbons (Fsp3) is 0.143. The van der Waals surface area contributed by atoms with Gasteiger partial charge in [-0.3, -0.25) is 0 Å². The number of nitrogens with one attached hydrogen (secondary N) is 1. The van der Waals surface area contributed by atoms with Crippen molar-refractivity contribution in [3.8, 4) is 0 Å². The van der Waals surface area contributed by atoms with E-state index >= 15 is 0 Å². The largest absolute Gasteiger partial charge is 0.379 e. The molecule has 2 aromatic rings. The molecule has 0 saturated heterocycles. The Balaban J connectivity index is 0.00000144. The molecule has 1 nitrogen and oxygen atoms in total. The van der Waals surface area contributed by atoms with E-state index in [1.165, 1.54) is 5.56 Å². The van der Waals surface area contributed by atoms with Crippen molar-refractivity contribution in [1.29, 1.82) is 0 Å². The Morgan fingerprint density at radius 2 is 1.53 bits per heavy atom. The molecule has 0 heterocycles. The van der Waals surface area contributed by atoms with Gasteiger partial charge in [-0.15, -0.1) is 12.4 Å². The molecule has 2 rings (SSSR count). The van der Waals surface area contributed by atoms with Crippen LogP contribution in [0.25, 0.3) is 0 Å². The molecule has 0 aromatic heterocycles. The lowest BCUT2D eigenvalue weighted by molar-refractivity contribution is 0.884. The summed E-state index contributed by atoms with van der Waals surface area (Å²) in [5.41, 5.74) is 2.44. The third kappa shape index (κ3) is 4.06. The highest BCUT2D eigenvalue weighted by Gasteiger charge is 2.04. The molecular weight excluding hydrogens is 298 g/mol. The first-order valence-electron chi connectivity index (χ1n) is 5.33. The Morgan fingerprint density at radius 3 is 2.12 bits per heavy atom. The molecule has 0 amide bonds. The molecule has 0 aliphatic rings. The van der Waals surface area contributed by atoms with E-state index in [0.717, 1.165) is 10.2 Å². The highest BCUT2D eigenvalue weighted by molar-refractivity contribution is 9.10. The summed E-state index contributed by atoms with van der Waals surface area (Å²) in [6.45, 7) is 2.16. The minimum Gasteiger partial charge on any atom is -0.379 e. The van der Waals surface area contributed by atoms with Gasteiger partial charge in [-0.2, -0.15) is 0 Å². The molecule has 1 atom stereocenters. The van der Waals surface area contributed by atoms with Gasteiger partial charge in [-0.1, -0.05) is 46.3 Å². The summed E-state index contributed by atoms with van der Waals surface area (Å²) in [5.74, 6) is 0. The van der Waals surface area contributed by atoms with E-state index in [1.54, 1.807) is 0 Å². The van der Waals surface area contributed by atoms with Gasteiger partial charge in [0.25, 0.3) is 0 Å². The van der Waals surface area contributed by atoms with E-state index in [1.807, 2.05) is 18.2 Å². The van der Waals surface area contributed by atoms with Crippen LogP contribution < -0.4 is 5.32 Å². The van der Waals surface area contributed by atoms with Crippen LogP contribution in [0.15, 0.2) is 59.1 Å². The van der Waals surface area contributed by atoms with Crippen molar-refractivity contribution in [2.75, 3.05) is 5.32 Å². The SMILES string of the molecule is CC(Nc1ccccc1)c1ccc(Br)cc1.Cl. The summed E-state index contributed by atoms with van der Waals surface area (Å²) in [6, 6.07) is 19.0. The number of benzene rings is 2. The van der Waals surface area contributed by atoms with Crippen molar-refractivity contribution < 1.29 is 0 Å². The van der Waals surface area contributed by atoms with Crippen LogP contribution >= 0.6 is 28.3 Å². The number of halogens is 2. The van der Waals surface area contributed by atoms with Crippen molar-refractivity contribution in [2.45, 2.75) is 13.0 Å². The summed E-state index contributed by atoms with van der Waals surface area (Å²) in [7, 11) is 0. The zero-order valence-corrected chi connectivity index (χ0v) is 12.0. The molecule has 2 aromatic carbocycles.